The van der Waals surface area contributed by atoms with Gasteiger partial charge >= 0.3 is 0 Å². The lowest BCUT2D eigenvalue weighted by Crippen LogP contribution is -2.32. The average molecular weight is 210 g/mol. The Bertz CT molecular complexity index is 356. The number of hydrogen-bond acceptors (Lipinski definition) is 3. The van der Waals surface area contributed by atoms with Gasteiger partial charge in [-0.15, -0.1) is 0 Å². The molecule has 1 heterocycles. The van der Waals surface area contributed by atoms with E-state index in [4.69, 9.17) is 5.73 Å². The van der Waals surface area contributed by atoms with Gasteiger partial charge in [0.2, 0.25) is 0 Å². The summed E-state index contributed by atoms with van der Waals surface area (Å²) in [4.78, 5) is 1.98. The monoisotopic (exact) mass is 210 g/mol. The van der Waals surface area contributed by atoms with Gasteiger partial charge in [0.05, 0.1) is 24.0 Å². The van der Waals surface area contributed by atoms with Crippen LogP contribution in [0, 0.1) is 5.82 Å². The van der Waals surface area contributed by atoms with Gasteiger partial charge in [0.15, 0.2) is 0 Å². The molecular weight excluding hydrogens is 195 g/mol. The molecule has 0 aliphatic carbocycles. The van der Waals surface area contributed by atoms with Crippen LogP contribution >= 0.6 is 0 Å². The van der Waals surface area contributed by atoms with Crippen LogP contribution in [0.25, 0.3) is 0 Å². The van der Waals surface area contributed by atoms with Gasteiger partial charge in [0.25, 0.3) is 0 Å². The standard InChI is InChI=1S/C11H15FN2O/c12-9-4-1-5-10(11(9)13)14-6-2-3-8(14)7-15/h1,4-5,8,15H,2-3,6-7,13H2. The molecule has 1 aliphatic heterocycles. The summed E-state index contributed by atoms with van der Waals surface area (Å²) < 4.78 is 13.2. The number of aliphatic hydroxyl groups is 1. The molecule has 0 spiro atoms. The molecule has 3 N–H and O–H groups in total. The summed E-state index contributed by atoms with van der Waals surface area (Å²) in [5.74, 6) is -0.393. The molecule has 0 aromatic heterocycles. The average Bonchev–Trinajstić information content (AvgIpc) is 2.70. The molecule has 0 saturated carbocycles. The van der Waals surface area contributed by atoms with Crippen molar-refractivity contribution in [3.8, 4) is 0 Å². The van der Waals surface area contributed by atoms with Crippen LogP contribution in [0.2, 0.25) is 0 Å². The fraction of sp³-hybridized carbons (Fsp3) is 0.455. The highest BCUT2D eigenvalue weighted by molar-refractivity contribution is 5.68. The van der Waals surface area contributed by atoms with Gasteiger partial charge in [0, 0.05) is 6.54 Å². The number of anilines is 2. The number of nitrogens with zero attached hydrogens (tertiary/aromatic N) is 1. The van der Waals surface area contributed by atoms with Crippen molar-refractivity contribution in [1.82, 2.24) is 0 Å². The summed E-state index contributed by atoms with van der Waals surface area (Å²) in [6, 6.07) is 4.87. The fourth-order valence-corrected chi connectivity index (χ4v) is 2.12. The molecule has 1 fully saturated rings. The molecule has 0 bridgehead atoms. The number of nitrogen functional groups attached to an aromatic ring is 1. The summed E-state index contributed by atoms with van der Waals surface area (Å²) in [7, 11) is 0. The molecule has 2 rings (SSSR count). The predicted molar refractivity (Wildman–Crippen MR) is 58.3 cm³/mol. The number of para-hydroxylation sites is 1. The minimum atomic E-state index is -0.393. The van der Waals surface area contributed by atoms with E-state index in [0.717, 1.165) is 19.4 Å². The Labute approximate surface area is 88.3 Å². The van der Waals surface area contributed by atoms with Gasteiger partial charge < -0.3 is 15.7 Å². The van der Waals surface area contributed by atoms with Gasteiger partial charge in [-0.2, -0.15) is 0 Å². The van der Waals surface area contributed by atoms with Crippen molar-refractivity contribution in [3.63, 3.8) is 0 Å². The lowest BCUT2D eigenvalue weighted by atomic mass is 10.2. The van der Waals surface area contributed by atoms with Crippen molar-refractivity contribution in [3.05, 3.63) is 24.0 Å². The third-order valence-electron chi connectivity index (χ3n) is 2.93. The second-order valence-corrected chi connectivity index (χ2v) is 3.84. The second kappa shape index (κ2) is 4.06. The normalized spacial score (nSPS) is 20.9. The number of rotatable bonds is 2. The van der Waals surface area contributed by atoms with Crippen molar-refractivity contribution >= 4 is 11.4 Å². The van der Waals surface area contributed by atoms with Crippen LogP contribution in [0.5, 0.6) is 0 Å². The molecule has 82 valence electrons. The number of aliphatic hydroxyl groups excluding tert-OH is 1. The molecule has 1 aromatic rings. The van der Waals surface area contributed by atoms with Crippen LogP contribution in [0.4, 0.5) is 15.8 Å². The Morgan fingerprint density at radius 1 is 1.53 bits per heavy atom. The van der Waals surface area contributed by atoms with E-state index in [1.54, 1.807) is 12.1 Å². The largest absolute Gasteiger partial charge is 0.395 e. The van der Waals surface area contributed by atoms with Gasteiger partial charge in [0.1, 0.15) is 5.82 Å². The van der Waals surface area contributed by atoms with Crippen molar-refractivity contribution in [2.75, 3.05) is 23.8 Å². The zero-order chi connectivity index (χ0) is 10.8. The Morgan fingerprint density at radius 2 is 2.33 bits per heavy atom. The summed E-state index contributed by atoms with van der Waals surface area (Å²) in [6.45, 7) is 0.925. The summed E-state index contributed by atoms with van der Waals surface area (Å²) in [5.41, 5.74) is 6.56. The smallest absolute Gasteiger partial charge is 0.148 e. The maximum atomic E-state index is 13.2. The molecular formula is C11H15FN2O. The fourth-order valence-electron chi connectivity index (χ4n) is 2.12. The first-order valence-corrected chi connectivity index (χ1v) is 5.15. The minimum Gasteiger partial charge on any atom is -0.395 e. The van der Waals surface area contributed by atoms with Crippen LogP contribution in [-0.4, -0.2) is 24.3 Å². The first kappa shape index (κ1) is 10.2. The molecule has 0 amide bonds. The zero-order valence-electron chi connectivity index (χ0n) is 8.49. The molecule has 4 heteroatoms. The Kier molecular flexibility index (Phi) is 2.77. The van der Waals surface area contributed by atoms with E-state index in [-0.39, 0.29) is 18.3 Å². The molecule has 3 nitrogen and oxygen atoms in total. The molecule has 0 radical (unpaired) electrons. The van der Waals surface area contributed by atoms with E-state index in [1.165, 1.54) is 6.07 Å². The van der Waals surface area contributed by atoms with Gasteiger partial charge in [-0.3, -0.25) is 0 Å². The Balaban J connectivity index is 2.32. The highest BCUT2D eigenvalue weighted by Crippen LogP contribution is 2.31. The van der Waals surface area contributed by atoms with E-state index in [0.29, 0.717) is 5.69 Å². The Morgan fingerprint density at radius 3 is 3.07 bits per heavy atom. The molecule has 1 aliphatic rings. The lowest BCUT2D eigenvalue weighted by Gasteiger charge is -2.26. The topological polar surface area (TPSA) is 49.5 Å². The summed E-state index contributed by atoms with van der Waals surface area (Å²) >= 11 is 0. The SMILES string of the molecule is Nc1c(F)cccc1N1CCCC1CO. The van der Waals surface area contributed by atoms with Crippen LogP contribution < -0.4 is 10.6 Å². The zero-order valence-corrected chi connectivity index (χ0v) is 8.49. The third-order valence-corrected chi connectivity index (χ3v) is 2.93. The molecule has 15 heavy (non-hydrogen) atoms. The predicted octanol–water partition coefficient (Wildman–Crippen LogP) is 1.37. The van der Waals surface area contributed by atoms with E-state index in [1.807, 2.05) is 4.90 Å². The van der Waals surface area contributed by atoms with Gasteiger partial charge in [-0.1, -0.05) is 6.07 Å². The quantitative estimate of drug-likeness (QED) is 0.725. The van der Waals surface area contributed by atoms with Crippen molar-refractivity contribution in [1.29, 1.82) is 0 Å². The molecule has 1 aromatic carbocycles. The van der Waals surface area contributed by atoms with Crippen molar-refractivity contribution in [2.24, 2.45) is 0 Å². The van der Waals surface area contributed by atoms with E-state index < -0.39 is 5.82 Å². The van der Waals surface area contributed by atoms with Gasteiger partial charge in [-0.05, 0) is 25.0 Å². The maximum Gasteiger partial charge on any atom is 0.148 e. The second-order valence-electron chi connectivity index (χ2n) is 3.84. The van der Waals surface area contributed by atoms with E-state index in [9.17, 15) is 9.50 Å². The van der Waals surface area contributed by atoms with Crippen LogP contribution in [-0.2, 0) is 0 Å². The molecule has 1 unspecified atom stereocenters. The molecule has 1 saturated heterocycles. The van der Waals surface area contributed by atoms with Crippen molar-refractivity contribution < 1.29 is 9.50 Å². The minimum absolute atomic E-state index is 0.0779. The van der Waals surface area contributed by atoms with Crippen molar-refractivity contribution in [2.45, 2.75) is 18.9 Å². The third kappa shape index (κ3) is 1.77. The highest BCUT2D eigenvalue weighted by Gasteiger charge is 2.25. The van der Waals surface area contributed by atoms with Gasteiger partial charge in [-0.25, -0.2) is 4.39 Å². The Hall–Kier alpha value is -1.29. The van der Waals surface area contributed by atoms with Crippen LogP contribution in [0.15, 0.2) is 18.2 Å². The maximum absolute atomic E-state index is 13.2. The van der Waals surface area contributed by atoms with Crippen LogP contribution in [0.3, 0.4) is 0 Å². The first-order chi connectivity index (χ1) is 7.24. The summed E-state index contributed by atoms with van der Waals surface area (Å²) in [5, 5.41) is 9.18. The highest BCUT2D eigenvalue weighted by atomic mass is 19.1. The number of hydrogen-bond donors (Lipinski definition) is 2. The number of nitrogens with two attached hydrogens (primary N) is 1. The first-order valence-electron chi connectivity index (χ1n) is 5.15. The van der Waals surface area contributed by atoms with E-state index >= 15 is 0 Å². The number of benzene rings is 1. The van der Waals surface area contributed by atoms with Crippen LogP contribution in [0.1, 0.15) is 12.8 Å². The lowest BCUT2D eigenvalue weighted by molar-refractivity contribution is 0.266. The molecule has 1 atom stereocenters. The number of halogens is 1. The van der Waals surface area contributed by atoms with E-state index in [2.05, 4.69) is 0 Å². The summed E-state index contributed by atoms with van der Waals surface area (Å²) in [6.07, 6.45) is 1.95.